The van der Waals surface area contributed by atoms with Crippen molar-refractivity contribution in [1.29, 1.82) is 0 Å². The zero-order valence-electron chi connectivity index (χ0n) is 12.3. The number of nitrogens with zero attached hydrogens (tertiary/aromatic N) is 2. The fourth-order valence-corrected chi connectivity index (χ4v) is 2.41. The molecule has 0 aromatic carbocycles. The van der Waals surface area contributed by atoms with Crippen molar-refractivity contribution in [2.75, 3.05) is 19.6 Å². The first-order valence-corrected chi connectivity index (χ1v) is 8.13. The van der Waals surface area contributed by atoms with E-state index in [1.54, 1.807) is 11.3 Å². The second-order valence-electron chi connectivity index (χ2n) is 4.38. The maximum Gasteiger partial charge on any atom is 0.191 e. The third kappa shape index (κ3) is 6.57. The Labute approximate surface area is 120 Å². The van der Waals surface area contributed by atoms with Gasteiger partial charge in [0.05, 0.1) is 10.7 Å². The van der Waals surface area contributed by atoms with Crippen LogP contribution in [0.3, 0.4) is 0 Å². The Bertz CT molecular complexity index is 373. The lowest BCUT2D eigenvalue weighted by Crippen LogP contribution is -2.38. The van der Waals surface area contributed by atoms with Crippen LogP contribution in [0.15, 0.2) is 10.4 Å². The Morgan fingerprint density at radius 3 is 2.79 bits per heavy atom. The largest absolute Gasteiger partial charge is 0.357 e. The number of rotatable bonds is 8. The van der Waals surface area contributed by atoms with Crippen molar-refractivity contribution in [3.63, 3.8) is 0 Å². The van der Waals surface area contributed by atoms with E-state index in [0.717, 1.165) is 44.9 Å². The number of nitrogens with one attached hydrogen (secondary N) is 2. The van der Waals surface area contributed by atoms with Crippen molar-refractivity contribution < 1.29 is 0 Å². The Morgan fingerprint density at radius 1 is 1.32 bits per heavy atom. The van der Waals surface area contributed by atoms with Crippen LogP contribution in [0.2, 0.25) is 0 Å². The van der Waals surface area contributed by atoms with Gasteiger partial charge in [-0.1, -0.05) is 20.3 Å². The maximum absolute atomic E-state index is 4.57. The van der Waals surface area contributed by atoms with Crippen LogP contribution in [-0.2, 0) is 12.8 Å². The summed E-state index contributed by atoms with van der Waals surface area (Å²) in [6, 6.07) is 0. The van der Waals surface area contributed by atoms with E-state index in [4.69, 9.17) is 0 Å². The molecular formula is C14H26N4S. The molecule has 1 aromatic rings. The molecule has 0 radical (unpaired) electrons. The van der Waals surface area contributed by atoms with Crippen molar-refractivity contribution in [3.8, 4) is 0 Å². The van der Waals surface area contributed by atoms with Crippen LogP contribution in [0.1, 0.15) is 44.3 Å². The SMILES string of the molecule is CCCCN=C(NCC)NCCc1csc(CC)n1. The second kappa shape index (κ2) is 9.78. The van der Waals surface area contributed by atoms with E-state index in [-0.39, 0.29) is 0 Å². The molecule has 0 aliphatic rings. The first kappa shape index (κ1) is 16.0. The minimum Gasteiger partial charge on any atom is -0.357 e. The van der Waals surface area contributed by atoms with Crippen LogP contribution < -0.4 is 10.6 Å². The van der Waals surface area contributed by atoms with Crippen molar-refractivity contribution in [3.05, 3.63) is 16.1 Å². The molecular weight excluding hydrogens is 256 g/mol. The zero-order chi connectivity index (χ0) is 13.9. The Balaban J connectivity index is 2.32. The van der Waals surface area contributed by atoms with Crippen LogP contribution in [0.25, 0.3) is 0 Å². The summed E-state index contributed by atoms with van der Waals surface area (Å²) in [6.45, 7) is 9.08. The Morgan fingerprint density at radius 2 is 2.16 bits per heavy atom. The number of unbranched alkanes of at least 4 members (excludes halogenated alkanes) is 1. The van der Waals surface area contributed by atoms with E-state index in [2.05, 4.69) is 46.8 Å². The zero-order valence-corrected chi connectivity index (χ0v) is 13.1. The van der Waals surface area contributed by atoms with E-state index < -0.39 is 0 Å². The normalized spacial score (nSPS) is 11.6. The quantitative estimate of drug-likeness (QED) is 0.438. The van der Waals surface area contributed by atoms with Gasteiger partial charge in [0.2, 0.25) is 0 Å². The molecule has 0 saturated carbocycles. The number of guanidine groups is 1. The predicted molar refractivity (Wildman–Crippen MR) is 84.1 cm³/mol. The number of aryl methyl sites for hydroxylation is 1. The summed E-state index contributed by atoms with van der Waals surface area (Å²) < 4.78 is 0. The maximum atomic E-state index is 4.57. The first-order valence-electron chi connectivity index (χ1n) is 7.25. The lowest BCUT2D eigenvalue weighted by molar-refractivity contribution is 0.763. The van der Waals surface area contributed by atoms with E-state index in [1.807, 2.05) is 0 Å². The highest BCUT2D eigenvalue weighted by atomic mass is 32.1. The number of hydrogen-bond donors (Lipinski definition) is 2. The Hall–Kier alpha value is -1.10. The molecule has 1 aromatic heterocycles. The van der Waals surface area contributed by atoms with Gasteiger partial charge in [0.25, 0.3) is 0 Å². The number of aliphatic imine (C=N–C) groups is 1. The van der Waals surface area contributed by atoms with Gasteiger partial charge in [-0.05, 0) is 19.8 Å². The fourth-order valence-electron chi connectivity index (χ4n) is 1.63. The number of thiazole rings is 1. The predicted octanol–water partition coefficient (Wildman–Crippen LogP) is 2.60. The van der Waals surface area contributed by atoms with Crippen molar-refractivity contribution >= 4 is 17.3 Å². The van der Waals surface area contributed by atoms with Gasteiger partial charge in [-0.15, -0.1) is 11.3 Å². The topological polar surface area (TPSA) is 49.3 Å². The first-order chi connectivity index (χ1) is 9.30. The molecule has 108 valence electrons. The molecule has 1 heterocycles. The van der Waals surface area contributed by atoms with Gasteiger partial charge >= 0.3 is 0 Å². The molecule has 0 bridgehead atoms. The molecule has 0 amide bonds. The molecule has 2 N–H and O–H groups in total. The van der Waals surface area contributed by atoms with E-state index in [9.17, 15) is 0 Å². The van der Waals surface area contributed by atoms with Crippen LogP contribution in [0.5, 0.6) is 0 Å². The third-order valence-electron chi connectivity index (χ3n) is 2.70. The highest BCUT2D eigenvalue weighted by molar-refractivity contribution is 7.09. The average Bonchev–Trinajstić information content (AvgIpc) is 2.87. The summed E-state index contributed by atoms with van der Waals surface area (Å²) >= 11 is 1.75. The van der Waals surface area contributed by atoms with Crippen LogP contribution in [0.4, 0.5) is 0 Å². The number of hydrogen-bond acceptors (Lipinski definition) is 3. The average molecular weight is 282 g/mol. The lowest BCUT2D eigenvalue weighted by atomic mass is 10.3. The summed E-state index contributed by atoms with van der Waals surface area (Å²) in [7, 11) is 0. The standard InChI is InChI=1S/C14H26N4S/c1-4-7-9-16-14(15-6-3)17-10-8-12-11-19-13(5-2)18-12/h11H,4-10H2,1-3H3,(H2,15,16,17). The summed E-state index contributed by atoms with van der Waals surface area (Å²) in [6.07, 6.45) is 4.30. The minimum atomic E-state index is 0.880. The summed E-state index contributed by atoms with van der Waals surface area (Å²) in [4.78, 5) is 9.10. The van der Waals surface area contributed by atoms with Gasteiger partial charge in [-0.25, -0.2) is 4.98 Å². The summed E-state index contributed by atoms with van der Waals surface area (Å²) in [5.41, 5.74) is 1.18. The van der Waals surface area contributed by atoms with Gasteiger partial charge in [-0.2, -0.15) is 0 Å². The van der Waals surface area contributed by atoms with E-state index in [0.29, 0.717) is 0 Å². The van der Waals surface area contributed by atoms with Crippen molar-refractivity contribution in [1.82, 2.24) is 15.6 Å². The fraction of sp³-hybridized carbons (Fsp3) is 0.714. The number of aromatic nitrogens is 1. The van der Waals surface area contributed by atoms with Crippen LogP contribution >= 0.6 is 11.3 Å². The Kier molecular flexibility index (Phi) is 8.21. The van der Waals surface area contributed by atoms with Gasteiger partial charge in [0, 0.05) is 31.4 Å². The smallest absolute Gasteiger partial charge is 0.191 e. The van der Waals surface area contributed by atoms with Gasteiger partial charge in [0.15, 0.2) is 5.96 Å². The van der Waals surface area contributed by atoms with Crippen LogP contribution in [0, 0.1) is 0 Å². The molecule has 0 aliphatic carbocycles. The monoisotopic (exact) mass is 282 g/mol. The van der Waals surface area contributed by atoms with Crippen LogP contribution in [-0.4, -0.2) is 30.6 Å². The molecule has 0 spiro atoms. The van der Waals surface area contributed by atoms with Gasteiger partial charge in [0.1, 0.15) is 0 Å². The molecule has 5 heteroatoms. The third-order valence-corrected chi connectivity index (χ3v) is 3.74. The van der Waals surface area contributed by atoms with Gasteiger partial charge in [-0.3, -0.25) is 4.99 Å². The van der Waals surface area contributed by atoms with Crippen molar-refractivity contribution in [2.45, 2.75) is 46.5 Å². The molecule has 19 heavy (non-hydrogen) atoms. The molecule has 4 nitrogen and oxygen atoms in total. The summed E-state index contributed by atoms with van der Waals surface area (Å²) in [5, 5.41) is 10.00. The summed E-state index contributed by atoms with van der Waals surface area (Å²) in [5.74, 6) is 0.918. The van der Waals surface area contributed by atoms with E-state index >= 15 is 0 Å². The molecule has 0 atom stereocenters. The molecule has 1 rings (SSSR count). The molecule has 0 aliphatic heterocycles. The second-order valence-corrected chi connectivity index (χ2v) is 5.32. The highest BCUT2D eigenvalue weighted by Crippen LogP contribution is 2.10. The molecule has 0 fully saturated rings. The molecule has 0 saturated heterocycles. The van der Waals surface area contributed by atoms with Crippen molar-refractivity contribution in [2.24, 2.45) is 4.99 Å². The highest BCUT2D eigenvalue weighted by Gasteiger charge is 2.01. The van der Waals surface area contributed by atoms with E-state index in [1.165, 1.54) is 17.1 Å². The lowest BCUT2D eigenvalue weighted by Gasteiger charge is -2.10. The molecule has 0 unspecified atom stereocenters. The van der Waals surface area contributed by atoms with Gasteiger partial charge < -0.3 is 10.6 Å². The minimum absolute atomic E-state index is 0.880.